The number of piperidine rings is 1. The predicted molar refractivity (Wildman–Crippen MR) is 116 cm³/mol. The average Bonchev–Trinajstić information content (AvgIpc) is 3.36. The number of carbonyl (C=O) groups excluding carboxylic acids is 1. The number of hydrogen-bond donors (Lipinski definition) is 1. The zero-order valence-electron chi connectivity index (χ0n) is 18.0. The summed E-state index contributed by atoms with van der Waals surface area (Å²) in [7, 11) is -1.93. The number of rotatable bonds is 5. The summed E-state index contributed by atoms with van der Waals surface area (Å²) in [6, 6.07) is 6.43. The normalized spacial score (nSPS) is 19.0. The Morgan fingerprint density at radius 3 is 2.26 bits per heavy atom. The zero-order chi connectivity index (χ0) is 22.2. The molecule has 0 unspecified atom stereocenters. The second-order valence-corrected chi connectivity index (χ2v) is 10.4. The Bertz CT molecular complexity index is 1110. The average molecular weight is 448 g/mol. The summed E-state index contributed by atoms with van der Waals surface area (Å²) in [5.74, 6) is 0.669. The van der Waals surface area contributed by atoms with Crippen LogP contribution in [0.2, 0.25) is 0 Å². The van der Waals surface area contributed by atoms with E-state index in [0.717, 1.165) is 31.5 Å². The zero-order valence-corrected chi connectivity index (χ0v) is 18.8. The maximum Gasteiger partial charge on any atom is 0.345 e. The number of hydrogen-bond acceptors (Lipinski definition) is 5. The van der Waals surface area contributed by atoms with Crippen LogP contribution in [0.5, 0.6) is 0 Å². The number of aromatic nitrogens is 3. The molecule has 2 aliphatic rings. The van der Waals surface area contributed by atoms with Gasteiger partial charge in [0.15, 0.2) is 0 Å². The van der Waals surface area contributed by atoms with Crippen molar-refractivity contribution in [3.8, 4) is 0 Å². The minimum atomic E-state index is -3.62. The lowest BCUT2D eigenvalue weighted by Gasteiger charge is -2.31. The molecule has 31 heavy (non-hydrogen) atoms. The molecule has 1 aliphatic heterocycles. The molecular formula is C21H29N5O4S. The molecule has 1 amide bonds. The summed E-state index contributed by atoms with van der Waals surface area (Å²) < 4.78 is 30.9. The lowest BCUT2D eigenvalue weighted by Crippen LogP contribution is -2.38. The summed E-state index contributed by atoms with van der Waals surface area (Å²) in [5.41, 5.74) is 0.487. The number of anilines is 1. The Morgan fingerprint density at radius 2 is 1.68 bits per heavy atom. The van der Waals surface area contributed by atoms with Crippen molar-refractivity contribution in [3.63, 3.8) is 0 Å². The number of aryl methyl sites for hydroxylation is 1. The quantitative estimate of drug-likeness (QED) is 0.756. The topological polar surface area (TPSA) is 106 Å². The van der Waals surface area contributed by atoms with E-state index < -0.39 is 10.0 Å². The Balaban J connectivity index is 1.48. The van der Waals surface area contributed by atoms with Crippen LogP contribution in [0.15, 0.2) is 34.0 Å². The highest BCUT2D eigenvalue weighted by atomic mass is 32.2. The van der Waals surface area contributed by atoms with Gasteiger partial charge in [0.25, 0.3) is 0 Å². The molecule has 0 atom stereocenters. The van der Waals surface area contributed by atoms with Crippen LogP contribution in [0.25, 0.3) is 0 Å². The fourth-order valence-corrected chi connectivity index (χ4v) is 6.17. The molecule has 1 aromatic heterocycles. The molecular weight excluding hydrogens is 418 g/mol. The van der Waals surface area contributed by atoms with E-state index in [9.17, 15) is 18.0 Å². The van der Waals surface area contributed by atoms with E-state index >= 15 is 0 Å². The number of sulfonamides is 1. The SMILES string of the molecule is CC(=O)Nc1ccc(S(=O)(=O)N2CCC(c3nn(C)c(=O)n3C3CCCC3)CC2)cc1. The van der Waals surface area contributed by atoms with Gasteiger partial charge in [-0.2, -0.15) is 9.40 Å². The highest BCUT2D eigenvalue weighted by Crippen LogP contribution is 2.34. The predicted octanol–water partition coefficient (Wildman–Crippen LogP) is 2.22. The van der Waals surface area contributed by atoms with E-state index in [1.165, 1.54) is 28.0 Å². The second kappa shape index (κ2) is 8.58. The smallest absolute Gasteiger partial charge is 0.326 e. The summed E-state index contributed by atoms with van der Waals surface area (Å²) in [4.78, 5) is 24.0. The Labute approximate surface area is 182 Å². The van der Waals surface area contributed by atoms with Crippen molar-refractivity contribution in [3.05, 3.63) is 40.6 Å². The van der Waals surface area contributed by atoms with Crippen molar-refractivity contribution in [2.24, 2.45) is 7.05 Å². The van der Waals surface area contributed by atoms with Crippen LogP contribution in [0, 0.1) is 0 Å². The van der Waals surface area contributed by atoms with Gasteiger partial charge in [0.05, 0.1) is 4.90 Å². The van der Waals surface area contributed by atoms with Crippen molar-refractivity contribution in [1.29, 1.82) is 0 Å². The lowest BCUT2D eigenvalue weighted by atomic mass is 9.97. The van der Waals surface area contributed by atoms with Gasteiger partial charge in [0, 0.05) is 44.7 Å². The van der Waals surface area contributed by atoms with Crippen LogP contribution < -0.4 is 11.0 Å². The number of nitrogens with one attached hydrogen (secondary N) is 1. The molecule has 1 saturated heterocycles. The first-order valence-corrected chi connectivity index (χ1v) is 12.2. The summed E-state index contributed by atoms with van der Waals surface area (Å²) in [6.07, 6.45) is 5.52. The molecule has 9 nitrogen and oxygen atoms in total. The van der Waals surface area contributed by atoms with E-state index in [2.05, 4.69) is 10.4 Å². The minimum absolute atomic E-state index is 0.0723. The van der Waals surface area contributed by atoms with Gasteiger partial charge in [-0.3, -0.25) is 9.36 Å². The molecule has 0 spiro atoms. The first-order chi connectivity index (χ1) is 14.8. The van der Waals surface area contributed by atoms with Crippen LogP contribution in [-0.2, 0) is 21.9 Å². The minimum Gasteiger partial charge on any atom is -0.326 e. The fourth-order valence-electron chi connectivity index (χ4n) is 4.70. The number of carbonyl (C=O) groups is 1. The molecule has 0 radical (unpaired) electrons. The van der Waals surface area contributed by atoms with Crippen molar-refractivity contribution in [2.45, 2.75) is 62.3 Å². The van der Waals surface area contributed by atoms with Gasteiger partial charge in [-0.05, 0) is 49.9 Å². The van der Waals surface area contributed by atoms with E-state index in [0.29, 0.717) is 31.6 Å². The van der Waals surface area contributed by atoms with Crippen molar-refractivity contribution >= 4 is 21.6 Å². The molecule has 10 heteroatoms. The molecule has 1 saturated carbocycles. The molecule has 2 fully saturated rings. The van der Waals surface area contributed by atoms with E-state index in [-0.39, 0.29) is 28.5 Å². The van der Waals surface area contributed by atoms with Gasteiger partial charge >= 0.3 is 5.69 Å². The van der Waals surface area contributed by atoms with Gasteiger partial charge < -0.3 is 5.32 Å². The molecule has 0 bridgehead atoms. The van der Waals surface area contributed by atoms with Crippen LogP contribution in [0.1, 0.15) is 63.2 Å². The van der Waals surface area contributed by atoms with Crippen molar-refractivity contribution in [1.82, 2.24) is 18.7 Å². The third-order valence-corrected chi connectivity index (χ3v) is 8.22. The van der Waals surface area contributed by atoms with E-state index in [1.807, 2.05) is 4.57 Å². The fraction of sp³-hybridized carbons (Fsp3) is 0.571. The molecule has 4 rings (SSSR count). The molecule has 2 aromatic rings. The van der Waals surface area contributed by atoms with Crippen LogP contribution in [0.4, 0.5) is 5.69 Å². The van der Waals surface area contributed by atoms with Gasteiger partial charge in [-0.15, -0.1) is 0 Å². The third kappa shape index (κ3) is 4.31. The maximum absolute atomic E-state index is 13.1. The van der Waals surface area contributed by atoms with Gasteiger partial charge in [-0.1, -0.05) is 12.8 Å². The Kier molecular flexibility index (Phi) is 6.02. The van der Waals surface area contributed by atoms with E-state index in [4.69, 9.17) is 0 Å². The first kappa shape index (κ1) is 21.8. The molecule has 2 heterocycles. The standard InChI is InChI=1S/C21H29N5O4S/c1-15(27)22-17-7-9-19(10-8-17)31(29,30)25-13-11-16(12-14-25)20-23-24(2)21(28)26(20)18-5-3-4-6-18/h7-10,16,18H,3-6,11-14H2,1-2H3,(H,22,27). The van der Waals surface area contributed by atoms with Gasteiger partial charge in [-0.25, -0.2) is 17.9 Å². The van der Waals surface area contributed by atoms with Crippen LogP contribution in [0.3, 0.4) is 0 Å². The first-order valence-electron chi connectivity index (χ1n) is 10.8. The number of benzene rings is 1. The highest BCUT2D eigenvalue weighted by molar-refractivity contribution is 7.89. The lowest BCUT2D eigenvalue weighted by molar-refractivity contribution is -0.114. The molecule has 168 valence electrons. The summed E-state index contributed by atoms with van der Waals surface area (Å²) in [6.45, 7) is 2.17. The van der Waals surface area contributed by atoms with Gasteiger partial charge in [0.1, 0.15) is 5.82 Å². The number of nitrogens with zero attached hydrogens (tertiary/aromatic N) is 4. The monoisotopic (exact) mass is 447 g/mol. The number of amides is 1. The Morgan fingerprint density at radius 1 is 1.06 bits per heavy atom. The van der Waals surface area contributed by atoms with Crippen molar-refractivity contribution in [2.75, 3.05) is 18.4 Å². The Hall–Kier alpha value is -2.46. The van der Waals surface area contributed by atoms with E-state index in [1.54, 1.807) is 19.2 Å². The summed E-state index contributed by atoms with van der Waals surface area (Å²) >= 11 is 0. The van der Waals surface area contributed by atoms with Crippen LogP contribution in [-0.4, -0.2) is 46.1 Å². The molecule has 1 aromatic carbocycles. The highest BCUT2D eigenvalue weighted by Gasteiger charge is 2.34. The summed E-state index contributed by atoms with van der Waals surface area (Å²) in [5, 5.41) is 7.16. The molecule has 1 aliphatic carbocycles. The largest absolute Gasteiger partial charge is 0.345 e. The maximum atomic E-state index is 13.1. The third-order valence-electron chi connectivity index (χ3n) is 6.30. The van der Waals surface area contributed by atoms with Gasteiger partial charge in [0.2, 0.25) is 15.9 Å². The van der Waals surface area contributed by atoms with Crippen molar-refractivity contribution < 1.29 is 13.2 Å². The second-order valence-electron chi connectivity index (χ2n) is 8.46. The van der Waals surface area contributed by atoms with Crippen LogP contribution >= 0.6 is 0 Å². The molecule has 1 N–H and O–H groups in total.